The fraction of sp³-hybridized carbons (Fsp3) is 0. The maximum Gasteiger partial charge on any atom is 0.255 e. The zero-order chi connectivity index (χ0) is 21.2. The van der Waals surface area contributed by atoms with Crippen molar-refractivity contribution < 1.29 is 4.79 Å². The Labute approximate surface area is 177 Å². The summed E-state index contributed by atoms with van der Waals surface area (Å²) in [5.74, 6) is -0.157. The lowest BCUT2D eigenvalue weighted by Gasteiger charge is -2.11. The molecular formula is C25H18N4O2. The van der Waals surface area contributed by atoms with Crippen LogP contribution in [0.3, 0.4) is 0 Å². The fourth-order valence-electron chi connectivity index (χ4n) is 3.49. The van der Waals surface area contributed by atoms with Crippen molar-refractivity contribution in [2.75, 3.05) is 10.6 Å². The number of benzene rings is 3. The normalized spacial score (nSPS) is 10.8. The van der Waals surface area contributed by atoms with Crippen LogP contribution >= 0.6 is 0 Å². The second-order valence-electron chi connectivity index (χ2n) is 7.16. The molecule has 0 saturated carbocycles. The molecule has 0 unspecified atom stereocenters. The third-order valence-corrected chi connectivity index (χ3v) is 5.07. The van der Waals surface area contributed by atoms with Crippen LogP contribution in [0.1, 0.15) is 10.4 Å². The maximum atomic E-state index is 12.6. The monoisotopic (exact) mass is 406 g/mol. The molecule has 3 N–H and O–H groups in total. The minimum absolute atomic E-state index is 0.157. The number of carbonyl (C=O) groups is 1. The van der Waals surface area contributed by atoms with Crippen molar-refractivity contribution in [3.63, 3.8) is 0 Å². The molecule has 6 nitrogen and oxygen atoms in total. The molecule has 6 heteroatoms. The van der Waals surface area contributed by atoms with Crippen molar-refractivity contribution in [1.29, 1.82) is 0 Å². The molecule has 0 aliphatic heterocycles. The second kappa shape index (κ2) is 7.76. The van der Waals surface area contributed by atoms with Crippen LogP contribution in [-0.4, -0.2) is 15.9 Å². The molecule has 0 saturated heterocycles. The summed E-state index contributed by atoms with van der Waals surface area (Å²) >= 11 is 0. The molecule has 0 atom stereocenters. The van der Waals surface area contributed by atoms with Crippen molar-refractivity contribution in [3.8, 4) is 0 Å². The molecular weight excluding hydrogens is 388 g/mol. The van der Waals surface area contributed by atoms with Crippen molar-refractivity contribution in [2.24, 2.45) is 0 Å². The van der Waals surface area contributed by atoms with Crippen LogP contribution in [-0.2, 0) is 0 Å². The van der Waals surface area contributed by atoms with Crippen LogP contribution in [0.2, 0.25) is 0 Å². The largest absolute Gasteiger partial charge is 0.355 e. The highest BCUT2D eigenvalue weighted by molar-refractivity contribution is 6.06. The summed E-state index contributed by atoms with van der Waals surface area (Å²) < 4.78 is 0. The van der Waals surface area contributed by atoms with Gasteiger partial charge in [-0.2, -0.15) is 0 Å². The van der Waals surface area contributed by atoms with Crippen LogP contribution < -0.4 is 16.2 Å². The second-order valence-corrected chi connectivity index (χ2v) is 7.16. The highest BCUT2D eigenvalue weighted by Gasteiger charge is 2.08. The Bertz CT molecular complexity index is 1470. The van der Waals surface area contributed by atoms with Gasteiger partial charge in [-0.05, 0) is 59.3 Å². The molecule has 2 aromatic heterocycles. The van der Waals surface area contributed by atoms with Gasteiger partial charge in [-0.15, -0.1) is 0 Å². The van der Waals surface area contributed by atoms with Gasteiger partial charge in [0.2, 0.25) is 5.56 Å². The van der Waals surface area contributed by atoms with Crippen LogP contribution in [0.15, 0.2) is 95.9 Å². The number of hydrogen-bond acceptors (Lipinski definition) is 4. The fourth-order valence-corrected chi connectivity index (χ4v) is 3.49. The van der Waals surface area contributed by atoms with E-state index in [0.29, 0.717) is 16.9 Å². The first kappa shape index (κ1) is 18.6. The number of aromatic nitrogens is 2. The van der Waals surface area contributed by atoms with Gasteiger partial charge in [0.05, 0.1) is 5.69 Å². The Morgan fingerprint density at radius 2 is 1.58 bits per heavy atom. The van der Waals surface area contributed by atoms with E-state index in [1.54, 1.807) is 12.3 Å². The minimum atomic E-state index is -0.191. The van der Waals surface area contributed by atoms with Gasteiger partial charge in [-0.25, -0.2) is 4.98 Å². The summed E-state index contributed by atoms with van der Waals surface area (Å²) in [5, 5.41) is 9.20. The minimum Gasteiger partial charge on any atom is -0.355 e. The molecule has 0 aliphatic carbocycles. The van der Waals surface area contributed by atoms with E-state index in [1.807, 2.05) is 72.8 Å². The predicted molar refractivity (Wildman–Crippen MR) is 124 cm³/mol. The number of pyridine rings is 2. The number of H-pyrrole nitrogens is 1. The number of rotatable bonds is 4. The molecule has 5 aromatic rings. The van der Waals surface area contributed by atoms with Gasteiger partial charge >= 0.3 is 0 Å². The lowest BCUT2D eigenvalue weighted by atomic mass is 10.1. The summed E-state index contributed by atoms with van der Waals surface area (Å²) in [6, 6.07) is 26.1. The SMILES string of the molecule is O=C(Nc1ccc(Nc2ccnc3[nH]c(=O)ccc23)cc1)c1ccc2ccccc2c1. The molecule has 1 amide bonds. The summed E-state index contributed by atoms with van der Waals surface area (Å²) in [5.41, 5.74) is 3.32. The zero-order valence-corrected chi connectivity index (χ0v) is 16.4. The Balaban J connectivity index is 1.33. The first-order chi connectivity index (χ1) is 15.2. The van der Waals surface area contributed by atoms with Gasteiger partial charge < -0.3 is 15.6 Å². The molecule has 5 rings (SSSR count). The van der Waals surface area contributed by atoms with Crippen molar-refractivity contribution in [3.05, 3.63) is 107 Å². The molecule has 150 valence electrons. The number of hydrogen-bond donors (Lipinski definition) is 3. The van der Waals surface area contributed by atoms with Crippen LogP contribution in [0.25, 0.3) is 21.8 Å². The topological polar surface area (TPSA) is 86.9 Å². The summed E-state index contributed by atoms with van der Waals surface area (Å²) in [6.07, 6.45) is 1.64. The third-order valence-electron chi connectivity index (χ3n) is 5.07. The highest BCUT2D eigenvalue weighted by Crippen LogP contribution is 2.24. The van der Waals surface area contributed by atoms with E-state index >= 15 is 0 Å². The predicted octanol–water partition coefficient (Wildman–Crippen LogP) is 5.07. The summed E-state index contributed by atoms with van der Waals surface area (Å²) in [4.78, 5) is 31.1. The number of nitrogens with zero attached hydrogens (tertiary/aromatic N) is 1. The molecule has 0 bridgehead atoms. The van der Waals surface area contributed by atoms with Crippen molar-refractivity contribution >= 4 is 44.8 Å². The lowest BCUT2D eigenvalue weighted by Crippen LogP contribution is -2.11. The standard InChI is InChI=1S/C25H18N4O2/c30-23-12-11-21-22(13-14-26-24(21)29-23)27-19-7-9-20(10-8-19)28-25(31)18-6-5-16-3-1-2-4-17(16)15-18/h1-15H,(H,28,31)(H2,26,27,29,30). The number of nitrogens with one attached hydrogen (secondary N) is 3. The smallest absolute Gasteiger partial charge is 0.255 e. The molecule has 0 radical (unpaired) electrons. The van der Waals surface area contributed by atoms with Crippen molar-refractivity contribution in [1.82, 2.24) is 9.97 Å². The van der Waals surface area contributed by atoms with E-state index in [0.717, 1.165) is 27.5 Å². The van der Waals surface area contributed by atoms with Crippen LogP contribution in [0, 0.1) is 0 Å². The molecule has 31 heavy (non-hydrogen) atoms. The summed E-state index contributed by atoms with van der Waals surface area (Å²) in [6.45, 7) is 0. The molecule has 3 aromatic carbocycles. The highest BCUT2D eigenvalue weighted by atomic mass is 16.1. The number of amides is 1. The van der Waals surface area contributed by atoms with E-state index in [-0.39, 0.29) is 11.5 Å². The maximum absolute atomic E-state index is 12.6. The first-order valence-electron chi connectivity index (χ1n) is 9.81. The van der Waals surface area contributed by atoms with E-state index in [1.165, 1.54) is 6.07 Å². The lowest BCUT2D eigenvalue weighted by molar-refractivity contribution is 0.102. The molecule has 2 heterocycles. The molecule has 0 spiro atoms. The van der Waals surface area contributed by atoms with E-state index in [4.69, 9.17) is 0 Å². The Kier molecular flexibility index (Phi) is 4.65. The molecule has 0 fully saturated rings. The first-order valence-corrected chi connectivity index (χ1v) is 9.81. The summed E-state index contributed by atoms with van der Waals surface area (Å²) in [7, 11) is 0. The van der Waals surface area contributed by atoms with E-state index in [9.17, 15) is 9.59 Å². The van der Waals surface area contributed by atoms with Gasteiger partial charge in [0.1, 0.15) is 5.65 Å². The van der Waals surface area contributed by atoms with Gasteiger partial charge in [-0.1, -0.05) is 30.3 Å². The molecule has 0 aliphatic rings. The van der Waals surface area contributed by atoms with E-state index in [2.05, 4.69) is 20.6 Å². The Hall–Kier alpha value is -4.45. The van der Waals surface area contributed by atoms with Gasteiger partial charge in [-0.3, -0.25) is 9.59 Å². The zero-order valence-electron chi connectivity index (χ0n) is 16.4. The quantitative estimate of drug-likeness (QED) is 0.389. The van der Waals surface area contributed by atoms with Crippen LogP contribution in [0.4, 0.5) is 17.1 Å². The Morgan fingerprint density at radius 3 is 2.42 bits per heavy atom. The average molecular weight is 406 g/mol. The van der Waals surface area contributed by atoms with Gasteiger partial charge in [0, 0.05) is 34.6 Å². The van der Waals surface area contributed by atoms with Crippen molar-refractivity contribution in [2.45, 2.75) is 0 Å². The van der Waals surface area contributed by atoms with Gasteiger partial charge in [0.25, 0.3) is 5.91 Å². The van der Waals surface area contributed by atoms with Crippen LogP contribution in [0.5, 0.6) is 0 Å². The average Bonchev–Trinajstić information content (AvgIpc) is 2.80. The Morgan fingerprint density at radius 1 is 0.806 bits per heavy atom. The number of anilines is 3. The van der Waals surface area contributed by atoms with Gasteiger partial charge in [0.15, 0.2) is 0 Å². The number of aromatic amines is 1. The van der Waals surface area contributed by atoms with E-state index < -0.39 is 0 Å². The third kappa shape index (κ3) is 3.86. The number of carbonyl (C=O) groups excluding carboxylic acids is 1. The number of fused-ring (bicyclic) bond motifs is 2.